The number of hydrogen-bond donors (Lipinski definition) is 1. The van der Waals surface area contributed by atoms with E-state index in [0.29, 0.717) is 5.75 Å². The highest BCUT2D eigenvalue weighted by Gasteiger charge is 2.14. The highest BCUT2D eigenvalue weighted by molar-refractivity contribution is 8.00. The molecule has 0 aromatic heterocycles. The van der Waals surface area contributed by atoms with E-state index in [0.717, 1.165) is 36.8 Å². The Morgan fingerprint density at radius 3 is 2.28 bits per heavy atom. The highest BCUT2D eigenvalue weighted by atomic mass is 32.2. The smallest absolute Gasteiger partial charge is 0.234 e. The van der Waals surface area contributed by atoms with Crippen LogP contribution in [0.1, 0.15) is 5.56 Å². The second-order valence-electron chi connectivity index (χ2n) is 6.49. The molecule has 1 aliphatic rings. The lowest BCUT2D eigenvalue weighted by molar-refractivity contribution is -0.113. The quantitative estimate of drug-likeness (QED) is 0.833. The van der Waals surface area contributed by atoms with E-state index < -0.39 is 0 Å². The maximum atomic E-state index is 12.1. The standard InChI is InChI=1S/C20H25N3OS/c1-16-3-9-19(10-4-16)25-15-20(24)21-17-5-7-18(8-6-17)23-13-11-22(2)12-14-23/h3-10H,11-15H2,1-2H3,(H,21,24). The van der Waals surface area contributed by atoms with Gasteiger partial charge in [-0.1, -0.05) is 17.7 Å². The molecule has 0 radical (unpaired) electrons. The summed E-state index contributed by atoms with van der Waals surface area (Å²) in [5, 5.41) is 2.97. The van der Waals surface area contributed by atoms with Crippen LogP contribution in [-0.2, 0) is 4.79 Å². The van der Waals surface area contributed by atoms with Crippen LogP contribution in [-0.4, -0.2) is 49.8 Å². The van der Waals surface area contributed by atoms with E-state index >= 15 is 0 Å². The maximum Gasteiger partial charge on any atom is 0.234 e. The SMILES string of the molecule is Cc1ccc(SCC(=O)Nc2ccc(N3CCN(C)CC3)cc2)cc1. The summed E-state index contributed by atoms with van der Waals surface area (Å²) >= 11 is 1.56. The number of rotatable bonds is 5. The monoisotopic (exact) mass is 355 g/mol. The summed E-state index contributed by atoms with van der Waals surface area (Å²) < 4.78 is 0. The summed E-state index contributed by atoms with van der Waals surface area (Å²) in [6, 6.07) is 16.4. The van der Waals surface area contributed by atoms with Gasteiger partial charge in [-0.15, -0.1) is 11.8 Å². The number of carbonyl (C=O) groups is 1. The van der Waals surface area contributed by atoms with E-state index in [-0.39, 0.29) is 5.91 Å². The Morgan fingerprint density at radius 2 is 1.64 bits per heavy atom. The van der Waals surface area contributed by atoms with Gasteiger partial charge in [-0.2, -0.15) is 0 Å². The first-order valence-electron chi connectivity index (χ1n) is 8.63. The lowest BCUT2D eigenvalue weighted by Crippen LogP contribution is -2.44. The Kier molecular flexibility index (Phi) is 6.00. The number of hydrogen-bond acceptors (Lipinski definition) is 4. The lowest BCUT2D eigenvalue weighted by Gasteiger charge is -2.34. The predicted octanol–water partition coefficient (Wildman–Crippen LogP) is 3.48. The van der Waals surface area contributed by atoms with Crippen LogP contribution in [0.5, 0.6) is 0 Å². The average molecular weight is 356 g/mol. The predicted molar refractivity (Wildman–Crippen MR) is 107 cm³/mol. The van der Waals surface area contributed by atoms with Gasteiger partial charge in [0.15, 0.2) is 0 Å². The zero-order valence-electron chi connectivity index (χ0n) is 14.9. The fraction of sp³-hybridized carbons (Fsp3) is 0.350. The fourth-order valence-corrected chi connectivity index (χ4v) is 3.50. The summed E-state index contributed by atoms with van der Waals surface area (Å²) in [4.78, 5) is 18.0. The molecule has 1 saturated heterocycles. The van der Waals surface area contributed by atoms with Crippen molar-refractivity contribution in [3.8, 4) is 0 Å². The van der Waals surface area contributed by atoms with Crippen molar-refractivity contribution in [1.82, 2.24) is 4.90 Å². The molecule has 0 spiro atoms. The zero-order chi connectivity index (χ0) is 17.6. The van der Waals surface area contributed by atoms with Crippen LogP contribution >= 0.6 is 11.8 Å². The Balaban J connectivity index is 1.49. The number of piperazine rings is 1. The lowest BCUT2D eigenvalue weighted by atomic mass is 10.2. The molecule has 1 heterocycles. The number of anilines is 2. The minimum atomic E-state index is 0.0259. The Morgan fingerprint density at radius 1 is 1.00 bits per heavy atom. The first-order valence-corrected chi connectivity index (χ1v) is 9.61. The van der Waals surface area contributed by atoms with Crippen LogP contribution in [0, 0.1) is 6.92 Å². The molecule has 0 bridgehead atoms. The first kappa shape index (κ1) is 17.8. The van der Waals surface area contributed by atoms with Gasteiger partial charge >= 0.3 is 0 Å². The molecule has 4 nitrogen and oxygen atoms in total. The van der Waals surface area contributed by atoms with Crippen LogP contribution < -0.4 is 10.2 Å². The topological polar surface area (TPSA) is 35.6 Å². The molecule has 0 atom stereocenters. The van der Waals surface area contributed by atoms with Gasteiger partial charge < -0.3 is 15.1 Å². The fourth-order valence-electron chi connectivity index (χ4n) is 2.80. The van der Waals surface area contributed by atoms with Crippen molar-refractivity contribution >= 4 is 29.0 Å². The molecule has 0 aliphatic carbocycles. The van der Waals surface area contributed by atoms with Gasteiger partial charge in [0.1, 0.15) is 0 Å². The minimum absolute atomic E-state index is 0.0259. The molecule has 5 heteroatoms. The van der Waals surface area contributed by atoms with E-state index in [1.54, 1.807) is 11.8 Å². The Hall–Kier alpha value is -1.98. The van der Waals surface area contributed by atoms with Gasteiger partial charge in [0.2, 0.25) is 5.91 Å². The molecule has 1 fully saturated rings. The molecule has 2 aromatic rings. The second-order valence-corrected chi connectivity index (χ2v) is 7.54. The molecule has 3 rings (SSSR count). The summed E-state index contributed by atoms with van der Waals surface area (Å²) in [5.41, 5.74) is 3.31. The number of likely N-dealkylation sites (N-methyl/N-ethyl adjacent to an activating group) is 1. The minimum Gasteiger partial charge on any atom is -0.369 e. The number of nitrogens with zero attached hydrogens (tertiary/aromatic N) is 2. The van der Waals surface area contributed by atoms with E-state index in [9.17, 15) is 4.79 Å². The van der Waals surface area contributed by atoms with Gasteiger partial charge in [0.05, 0.1) is 5.75 Å². The molecule has 25 heavy (non-hydrogen) atoms. The van der Waals surface area contributed by atoms with Crippen molar-refractivity contribution < 1.29 is 4.79 Å². The van der Waals surface area contributed by atoms with E-state index in [4.69, 9.17) is 0 Å². The molecule has 2 aromatic carbocycles. The summed E-state index contributed by atoms with van der Waals surface area (Å²) in [6.07, 6.45) is 0. The second kappa shape index (κ2) is 8.41. The number of benzene rings is 2. The van der Waals surface area contributed by atoms with Crippen molar-refractivity contribution in [3.05, 3.63) is 54.1 Å². The first-order chi connectivity index (χ1) is 12.1. The van der Waals surface area contributed by atoms with Crippen molar-refractivity contribution in [2.75, 3.05) is 49.2 Å². The third-order valence-corrected chi connectivity index (χ3v) is 5.42. The highest BCUT2D eigenvalue weighted by Crippen LogP contribution is 2.21. The summed E-state index contributed by atoms with van der Waals surface area (Å²) in [5.74, 6) is 0.446. The molecule has 0 unspecified atom stereocenters. The Bertz CT molecular complexity index is 692. The Labute approximate surface area is 154 Å². The molecular formula is C20H25N3OS. The van der Waals surface area contributed by atoms with Gasteiger partial charge in [0, 0.05) is 42.4 Å². The van der Waals surface area contributed by atoms with Crippen molar-refractivity contribution in [3.63, 3.8) is 0 Å². The number of thioether (sulfide) groups is 1. The number of aryl methyl sites for hydroxylation is 1. The van der Waals surface area contributed by atoms with Crippen LogP contribution in [0.4, 0.5) is 11.4 Å². The maximum absolute atomic E-state index is 12.1. The normalized spacial score (nSPS) is 15.2. The van der Waals surface area contributed by atoms with Crippen LogP contribution in [0.25, 0.3) is 0 Å². The number of carbonyl (C=O) groups excluding carboxylic acids is 1. The van der Waals surface area contributed by atoms with E-state index in [1.165, 1.54) is 11.3 Å². The van der Waals surface area contributed by atoms with E-state index in [2.05, 4.69) is 65.5 Å². The van der Waals surface area contributed by atoms with Crippen LogP contribution in [0.15, 0.2) is 53.4 Å². The van der Waals surface area contributed by atoms with Gasteiger partial charge in [0.25, 0.3) is 0 Å². The molecule has 1 N–H and O–H groups in total. The molecule has 132 valence electrons. The molecule has 0 saturated carbocycles. The molecular weight excluding hydrogens is 330 g/mol. The summed E-state index contributed by atoms with van der Waals surface area (Å²) in [6.45, 7) is 6.35. The third kappa shape index (κ3) is 5.25. The number of nitrogens with one attached hydrogen (secondary N) is 1. The summed E-state index contributed by atoms with van der Waals surface area (Å²) in [7, 11) is 2.16. The molecule has 1 amide bonds. The van der Waals surface area contributed by atoms with Crippen molar-refractivity contribution in [1.29, 1.82) is 0 Å². The van der Waals surface area contributed by atoms with E-state index in [1.807, 2.05) is 12.1 Å². The third-order valence-electron chi connectivity index (χ3n) is 4.41. The number of amides is 1. The van der Waals surface area contributed by atoms with Crippen LogP contribution in [0.3, 0.4) is 0 Å². The van der Waals surface area contributed by atoms with Crippen molar-refractivity contribution in [2.24, 2.45) is 0 Å². The van der Waals surface area contributed by atoms with Gasteiger partial charge in [-0.3, -0.25) is 4.79 Å². The van der Waals surface area contributed by atoms with Crippen LogP contribution in [0.2, 0.25) is 0 Å². The van der Waals surface area contributed by atoms with Gasteiger partial charge in [-0.25, -0.2) is 0 Å². The van der Waals surface area contributed by atoms with Crippen molar-refractivity contribution in [2.45, 2.75) is 11.8 Å². The molecule has 1 aliphatic heterocycles. The zero-order valence-corrected chi connectivity index (χ0v) is 15.7. The largest absolute Gasteiger partial charge is 0.369 e. The van der Waals surface area contributed by atoms with Gasteiger partial charge in [-0.05, 0) is 50.4 Å². The average Bonchev–Trinajstić information content (AvgIpc) is 2.63.